The second-order valence-corrected chi connectivity index (χ2v) is 10.2. The van der Waals surface area contributed by atoms with Crippen LogP contribution in [-0.2, 0) is 6.42 Å². The number of benzene rings is 2. The van der Waals surface area contributed by atoms with Gasteiger partial charge in [0.1, 0.15) is 0 Å². The first-order valence-corrected chi connectivity index (χ1v) is 11.3. The summed E-state index contributed by atoms with van der Waals surface area (Å²) < 4.78 is 0. The molecule has 0 radical (unpaired) electrons. The molecule has 0 bridgehead atoms. The van der Waals surface area contributed by atoms with E-state index in [1.165, 1.54) is 38.7 Å². The third-order valence-corrected chi connectivity index (χ3v) is 6.18. The number of rotatable bonds is 6. The zero-order valence-electron chi connectivity index (χ0n) is 20.0. The number of hydrogen-bond acceptors (Lipinski definition) is 1. The fraction of sp³-hybridized carbons (Fsp3) is 0.310. The van der Waals surface area contributed by atoms with Crippen molar-refractivity contribution in [1.29, 1.82) is 0 Å². The van der Waals surface area contributed by atoms with Crippen LogP contribution in [0.1, 0.15) is 55.8 Å². The number of hydrogen-bond donors (Lipinski definition) is 3. The molecule has 0 aliphatic heterocycles. The van der Waals surface area contributed by atoms with Crippen LogP contribution in [0.4, 0.5) is 0 Å². The Kier molecular flexibility index (Phi) is 5.64. The number of allylic oxidation sites excluding steroid dienone is 1. The second-order valence-electron chi connectivity index (χ2n) is 10.2. The number of H-pyrrole nitrogens is 2. The Labute approximate surface area is 190 Å². The summed E-state index contributed by atoms with van der Waals surface area (Å²) in [6.07, 6.45) is 9.29. The normalized spacial score (nSPS) is 13.3. The van der Waals surface area contributed by atoms with Crippen molar-refractivity contribution in [3.05, 3.63) is 82.7 Å². The first-order chi connectivity index (χ1) is 15.0. The third-order valence-electron chi connectivity index (χ3n) is 6.18. The van der Waals surface area contributed by atoms with Gasteiger partial charge in [0.2, 0.25) is 0 Å². The molecule has 166 valence electrons. The van der Waals surface area contributed by atoms with E-state index in [2.05, 4.69) is 92.3 Å². The van der Waals surface area contributed by atoms with Crippen LogP contribution < -0.4 is 0 Å². The van der Waals surface area contributed by atoms with Crippen molar-refractivity contribution >= 4 is 34.0 Å². The number of fused-ring (bicyclic) bond motifs is 2. The minimum Gasteiger partial charge on any atom is -0.386 e. The molecule has 2 heterocycles. The van der Waals surface area contributed by atoms with Crippen molar-refractivity contribution in [3.63, 3.8) is 0 Å². The lowest BCUT2D eigenvalue weighted by Crippen LogP contribution is -2.13. The van der Waals surface area contributed by atoms with E-state index in [1.807, 2.05) is 12.2 Å². The smallest absolute Gasteiger partial charge is 0.0775 e. The number of aromatic amines is 2. The molecule has 3 nitrogen and oxygen atoms in total. The van der Waals surface area contributed by atoms with Crippen LogP contribution in [0.15, 0.2) is 54.6 Å². The molecule has 0 unspecified atom stereocenters. The first kappa shape index (κ1) is 22.2. The molecule has 0 atom stereocenters. The molecule has 32 heavy (non-hydrogen) atoms. The van der Waals surface area contributed by atoms with Gasteiger partial charge in [-0.25, -0.2) is 0 Å². The molecule has 0 spiro atoms. The Morgan fingerprint density at radius 3 is 2.03 bits per heavy atom. The lowest BCUT2D eigenvalue weighted by Gasteiger charge is -2.20. The zero-order valence-corrected chi connectivity index (χ0v) is 20.0. The van der Waals surface area contributed by atoms with Crippen molar-refractivity contribution in [2.75, 3.05) is 0 Å². The van der Waals surface area contributed by atoms with Gasteiger partial charge in [0.25, 0.3) is 0 Å². The van der Waals surface area contributed by atoms with Gasteiger partial charge in [-0.1, -0.05) is 56.3 Å². The van der Waals surface area contributed by atoms with Gasteiger partial charge in [-0.05, 0) is 80.5 Å². The van der Waals surface area contributed by atoms with Crippen molar-refractivity contribution in [3.8, 4) is 0 Å². The molecular weight excluding hydrogens is 392 g/mol. The fourth-order valence-corrected chi connectivity index (χ4v) is 4.33. The van der Waals surface area contributed by atoms with Gasteiger partial charge < -0.3 is 15.1 Å². The van der Waals surface area contributed by atoms with Gasteiger partial charge in [-0.15, -0.1) is 0 Å². The van der Waals surface area contributed by atoms with Crippen molar-refractivity contribution < 1.29 is 5.11 Å². The predicted octanol–water partition coefficient (Wildman–Crippen LogP) is 7.33. The topological polar surface area (TPSA) is 51.8 Å². The van der Waals surface area contributed by atoms with Gasteiger partial charge in [-0.3, -0.25) is 0 Å². The number of nitrogens with one attached hydrogen (secondary N) is 2. The van der Waals surface area contributed by atoms with Crippen LogP contribution in [0.3, 0.4) is 0 Å². The monoisotopic (exact) mass is 426 g/mol. The van der Waals surface area contributed by atoms with Crippen LogP contribution in [0, 0.1) is 19.3 Å². The van der Waals surface area contributed by atoms with E-state index in [0.29, 0.717) is 0 Å². The lowest BCUT2D eigenvalue weighted by atomic mass is 9.85. The Morgan fingerprint density at radius 1 is 0.781 bits per heavy atom. The molecule has 2 aromatic heterocycles. The lowest BCUT2D eigenvalue weighted by molar-refractivity contribution is 0.134. The quantitative estimate of drug-likeness (QED) is 0.297. The molecule has 0 saturated heterocycles. The molecule has 4 aromatic rings. The number of para-hydroxylation sites is 1. The molecule has 0 amide bonds. The van der Waals surface area contributed by atoms with Crippen LogP contribution in [0.25, 0.3) is 34.0 Å². The Bertz CT molecular complexity index is 1320. The summed E-state index contributed by atoms with van der Waals surface area (Å²) >= 11 is 0. The summed E-state index contributed by atoms with van der Waals surface area (Å²) in [6.45, 7) is 12.4. The minimum absolute atomic E-state index is 0.0166. The molecular formula is C29H34N2O. The second kappa shape index (κ2) is 8.14. The highest BCUT2D eigenvalue weighted by Crippen LogP contribution is 2.30. The summed E-state index contributed by atoms with van der Waals surface area (Å²) in [5.74, 6) is 0. The maximum absolute atomic E-state index is 10.00. The molecule has 3 heteroatoms. The molecule has 0 fully saturated rings. The fourth-order valence-electron chi connectivity index (χ4n) is 4.33. The van der Waals surface area contributed by atoms with E-state index in [-0.39, 0.29) is 5.41 Å². The highest BCUT2D eigenvalue weighted by atomic mass is 16.3. The number of aromatic nitrogens is 2. The molecule has 4 rings (SSSR count). The van der Waals surface area contributed by atoms with Crippen LogP contribution >= 0.6 is 0 Å². The van der Waals surface area contributed by atoms with Crippen molar-refractivity contribution in [1.82, 2.24) is 9.97 Å². The molecule has 0 aliphatic rings. The standard InChI is InChI=1S/C29H34N2O/c1-19-22-9-7-8-10-26(22)30-24(19)13-15-28(3,4)18-21-11-12-23-20(2)25(31-27(23)17-21)14-16-29(5,6)32/h7-17,30-32H,18H2,1-6H3/b15-13+,16-14+. The van der Waals surface area contributed by atoms with Gasteiger partial charge in [0.05, 0.1) is 5.60 Å². The van der Waals surface area contributed by atoms with Crippen LogP contribution in [-0.4, -0.2) is 20.7 Å². The average molecular weight is 427 g/mol. The first-order valence-electron chi connectivity index (χ1n) is 11.3. The van der Waals surface area contributed by atoms with E-state index in [4.69, 9.17) is 0 Å². The van der Waals surface area contributed by atoms with Crippen LogP contribution in [0.2, 0.25) is 0 Å². The summed E-state index contributed by atoms with van der Waals surface area (Å²) in [4.78, 5) is 7.06. The number of aliphatic hydroxyl groups is 1. The highest BCUT2D eigenvalue weighted by molar-refractivity contribution is 5.88. The van der Waals surface area contributed by atoms with Crippen molar-refractivity contribution in [2.24, 2.45) is 5.41 Å². The van der Waals surface area contributed by atoms with E-state index >= 15 is 0 Å². The number of aryl methyl sites for hydroxylation is 2. The van der Waals surface area contributed by atoms with Crippen molar-refractivity contribution in [2.45, 2.75) is 53.6 Å². The minimum atomic E-state index is -0.825. The van der Waals surface area contributed by atoms with E-state index in [9.17, 15) is 5.11 Å². The van der Waals surface area contributed by atoms with Crippen LogP contribution in [0.5, 0.6) is 0 Å². The molecule has 0 aliphatic carbocycles. The van der Waals surface area contributed by atoms with Gasteiger partial charge >= 0.3 is 0 Å². The Morgan fingerprint density at radius 2 is 1.38 bits per heavy atom. The van der Waals surface area contributed by atoms with Gasteiger partial charge in [0.15, 0.2) is 0 Å². The van der Waals surface area contributed by atoms with Gasteiger partial charge in [0, 0.05) is 33.2 Å². The average Bonchev–Trinajstić information content (AvgIpc) is 3.21. The zero-order chi connectivity index (χ0) is 23.1. The SMILES string of the molecule is Cc1c(/C=C/C(C)(C)Cc2ccc3c(C)c(/C=C/C(C)(C)O)[nH]c3c2)[nH]c2ccccc12. The van der Waals surface area contributed by atoms with Gasteiger partial charge in [-0.2, -0.15) is 0 Å². The predicted molar refractivity (Wildman–Crippen MR) is 138 cm³/mol. The van der Waals surface area contributed by atoms with E-state index in [1.54, 1.807) is 13.8 Å². The molecule has 2 aromatic carbocycles. The molecule has 0 saturated carbocycles. The summed E-state index contributed by atoms with van der Waals surface area (Å²) in [7, 11) is 0. The Hall–Kier alpha value is -3.04. The summed E-state index contributed by atoms with van der Waals surface area (Å²) in [5, 5.41) is 12.5. The highest BCUT2D eigenvalue weighted by Gasteiger charge is 2.17. The maximum Gasteiger partial charge on any atom is 0.0775 e. The van der Waals surface area contributed by atoms with E-state index in [0.717, 1.165) is 17.6 Å². The Balaban J connectivity index is 1.56. The summed E-state index contributed by atoms with van der Waals surface area (Å²) in [6, 6.07) is 15.2. The largest absolute Gasteiger partial charge is 0.386 e. The molecule has 3 N–H and O–H groups in total. The third kappa shape index (κ3) is 4.73. The summed E-state index contributed by atoms with van der Waals surface area (Å²) in [5.41, 5.74) is 7.55. The van der Waals surface area contributed by atoms with E-state index < -0.39 is 5.60 Å². The maximum atomic E-state index is 10.00.